The van der Waals surface area contributed by atoms with Crippen LogP contribution in [0.3, 0.4) is 0 Å². The van der Waals surface area contributed by atoms with Crippen molar-refractivity contribution in [2.24, 2.45) is 11.1 Å². The maximum atomic E-state index is 12.1. The van der Waals surface area contributed by atoms with Gasteiger partial charge in [0.25, 0.3) is 0 Å². The predicted molar refractivity (Wildman–Crippen MR) is 82.1 cm³/mol. The van der Waals surface area contributed by atoms with Crippen LogP contribution in [-0.2, 0) is 26.5 Å². The molecule has 0 heterocycles. The van der Waals surface area contributed by atoms with E-state index < -0.39 is 20.0 Å². The summed E-state index contributed by atoms with van der Waals surface area (Å²) in [5, 5.41) is 5.13. The van der Waals surface area contributed by atoms with E-state index in [4.69, 9.17) is 5.14 Å². The number of hydrogen-bond acceptors (Lipinski definition) is 4. The summed E-state index contributed by atoms with van der Waals surface area (Å²) in [4.78, 5) is 0.00184. The molecule has 1 aliphatic rings. The minimum absolute atomic E-state index is 0.00184. The highest BCUT2D eigenvalue weighted by Crippen LogP contribution is 2.32. The topological polar surface area (TPSA) is 106 Å². The molecule has 0 bridgehead atoms. The average Bonchev–Trinajstić information content (AvgIpc) is 3.13. The Morgan fingerprint density at radius 3 is 2.33 bits per heavy atom. The Labute approximate surface area is 125 Å². The Morgan fingerprint density at radius 1 is 1.24 bits per heavy atom. The summed E-state index contributed by atoms with van der Waals surface area (Å²) in [5.41, 5.74) is 1.64. The average molecular weight is 332 g/mol. The van der Waals surface area contributed by atoms with Crippen molar-refractivity contribution in [1.82, 2.24) is 0 Å². The zero-order valence-corrected chi connectivity index (χ0v) is 13.7. The molecular weight excluding hydrogens is 312 g/mol. The van der Waals surface area contributed by atoms with Crippen LogP contribution in [-0.4, -0.2) is 22.6 Å². The molecule has 1 aromatic carbocycles. The van der Waals surface area contributed by atoms with Crippen molar-refractivity contribution < 1.29 is 16.8 Å². The van der Waals surface area contributed by atoms with Crippen molar-refractivity contribution in [3.8, 4) is 0 Å². The lowest BCUT2D eigenvalue weighted by molar-refractivity contribution is 0.596. The van der Waals surface area contributed by atoms with Gasteiger partial charge in [0.15, 0.2) is 0 Å². The SMILES string of the molecule is CCc1cc(S(N)(=O)=O)cc(C)c1NS(=O)(=O)CC1CC1. The second-order valence-corrected chi connectivity index (χ2v) is 8.83. The lowest BCUT2D eigenvalue weighted by atomic mass is 10.1. The van der Waals surface area contributed by atoms with Crippen LogP contribution in [0, 0.1) is 12.8 Å². The van der Waals surface area contributed by atoms with E-state index in [9.17, 15) is 16.8 Å². The molecule has 1 fully saturated rings. The first kappa shape index (κ1) is 16.3. The summed E-state index contributed by atoms with van der Waals surface area (Å²) in [6, 6.07) is 2.82. The van der Waals surface area contributed by atoms with Gasteiger partial charge in [0.1, 0.15) is 0 Å². The van der Waals surface area contributed by atoms with E-state index in [0.29, 0.717) is 23.2 Å². The van der Waals surface area contributed by atoms with E-state index in [1.165, 1.54) is 12.1 Å². The molecule has 0 saturated heterocycles. The van der Waals surface area contributed by atoms with Crippen molar-refractivity contribution in [3.63, 3.8) is 0 Å². The molecule has 21 heavy (non-hydrogen) atoms. The quantitative estimate of drug-likeness (QED) is 0.820. The summed E-state index contributed by atoms with van der Waals surface area (Å²) < 4.78 is 49.7. The molecule has 0 amide bonds. The number of rotatable bonds is 6. The first-order chi connectivity index (χ1) is 9.62. The van der Waals surface area contributed by atoms with Crippen LogP contribution < -0.4 is 9.86 Å². The smallest absolute Gasteiger partial charge is 0.238 e. The first-order valence-electron chi connectivity index (χ1n) is 6.79. The molecule has 0 spiro atoms. The van der Waals surface area contributed by atoms with Crippen LogP contribution in [0.25, 0.3) is 0 Å². The van der Waals surface area contributed by atoms with E-state index in [1.54, 1.807) is 6.92 Å². The third-order valence-corrected chi connectivity index (χ3v) is 5.83. The fourth-order valence-electron chi connectivity index (χ4n) is 2.21. The first-order valence-corrected chi connectivity index (χ1v) is 9.99. The summed E-state index contributed by atoms with van der Waals surface area (Å²) in [7, 11) is -7.21. The van der Waals surface area contributed by atoms with E-state index in [0.717, 1.165) is 12.8 Å². The van der Waals surface area contributed by atoms with Gasteiger partial charge in [0, 0.05) is 0 Å². The second kappa shape index (κ2) is 5.58. The molecular formula is C13H20N2O4S2. The maximum Gasteiger partial charge on any atom is 0.238 e. The van der Waals surface area contributed by atoms with Crippen molar-refractivity contribution in [2.75, 3.05) is 10.5 Å². The zero-order valence-electron chi connectivity index (χ0n) is 12.1. The second-order valence-electron chi connectivity index (χ2n) is 5.50. The number of primary sulfonamides is 1. The third kappa shape index (κ3) is 4.18. The molecule has 0 aliphatic heterocycles. The largest absolute Gasteiger partial charge is 0.283 e. The monoisotopic (exact) mass is 332 g/mol. The zero-order chi connectivity index (χ0) is 15.8. The summed E-state index contributed by atoms with van der Waals surface area (Å²) >= 11 is 0. The molecule has 0 atom stereocenters. The van der Waals surface area contributed by atoms with Gasteiger partial charge in [-0.2, -0.15) is 0 Å². The van der Waals surface area contributed by atoms with E-state index in [2.05, 4.69) is 4.72 Å². The molecule has 6 nitrogen and oxygen atoms in total. The van der Waals surface area contributed by atoms with Gasteiger partial charge >= 0.3 is 0 Å². The molecule has 3 N–H and O–H groups in total. The van der Waals surface area contributed by atoms with Crippen molar-refractivity contribution in [1.29, 1.82) is 0 Å². The van der Waals surface area contributed by atoms with Crippen LogP contribution >= 0.6 is 0 Å². The van der Waals surface area contributed by atoms with Crippen molar-refractivity contribution >= 4 is 25.7 Å². The molecule has 0 radical (unpaired) electrons. The minimum Gasteiger partial charge on any atom is -0.283 e. The number of sulfonamides is 2. The minimum atomic E-state index is -3.80. The third-order valence-electron chi connectivity index (χ3n) is 3.51. The van der Waals surface area contributed by atoms with Crippen molar-refractivity contribution in [2.45, 2.75) is 38.0 Å². The van der Waals surface area contributed by atoms with Crippen LogP contribution in [0.5, 0.6) is 0 Å². The molecule has 0 unspecified atom stereocenters. The van der Waals surface area contributed by atoms with Gasteiger partial charge in [0.2, 0.25) is 20.0 Å². The highest BCUT2D eigenvalue weighted by atomic mass is 32.2. The van der Waals surface area contributed by atoms with Crippen LogP contribution in [0.15, 0.2) is 17.0 Å². The summed E-state index contributed by atoms with van der Waals surface area (Å²) in [6.07, 6.45) is 2.40. The van der Waals surface area contributed by atoms with E-state index in [1.807, 2.05) is 6.92 Å². The van der Waals surface area contributed by atoms with Gasteiger partial charge in [-0.25, -0.2) is 22.0 Å². The standard InChI is InChI=1S/C13H20N2O4S2/c1-3-11-7-12(21(14,18)19)6-9(2)13(11)15-20(16,17)8-10-4-5-10/h6-7,10,15H,3-5,8H2,1-2H3,(H2,14,18,19). The molecule has 1 saturated carbocycles. The number of nitrogens with two attached hydrogens (primary N) is 1. The van der Waals surface area contributed by atoms with E-state index >= 15 is 0 Å². The maximum absolute atomic E-state index is 12.1. The lowest BCUT2D eigenvalue weighted by Crippen LogP contribution is -2.20. The molecule has 118 valence electrons. The lowest BCUT2D eigenvalue weighted by Gasteiger charge is -2.15. The summed E-state index contributed by atoms with van der Waals surface area (Å²) in [5.74, 6) is 0.364. The van der Waals surface area contributed by atoms with Crippen molar-refractivity contribution in [3.05, 3.63) is 23.3 Å². The number of anilines is 1. The molecule has 1 aliphatic carbocycles. The molecule has 8 heteroatoms. The Kier molecular flexibility index (Phi) is 4.32. The van der Waals surface area contributed by atoms with Gasteiger partial charge < -0.3 is 0 Å². The van der Waals surface area contributed by atoms with Crippen LogP contribution in [0.1, 0.15) is 30.9 Å². The highest BCUT2D eigenvalue weighted by Gasteiger charge is 2.28. The Morgan fingerprint density at radius 2 is 1.86 bits per heavy atom. The van der Waals surface area contributed by atoms with Crippen LogP contribution in [0.4, 0.5) is 5.69 Å². The fraction of sp³-hybridized carbons (Fsp3) is 0.538. The fourth-order valence-corrected chi connectivity index (χ4v) is 4.49. The summed E-state index contributed by atoms with van der Waals surface area (Å²) in [6.45, 7) is 3.50. The number of benzene rings is 1. The number of nitrogens with one attached hydrogen (secondary N) is 1. The molecule has 2 rings (SSSR count). The van der Waals surface area contributed by atoms with Gasteiger partial charge in [-0.1, -0.05) is 6.92 Å². The Bertz CT molecular complexity index is 751. The predicted octanol–water partition coefficient (Wildman–Crippen LogP) is 1.36. The molecule has 1 aromatic rings. The van der Waals surface area contributed by atoms with E-state index in [-0.39, 0.29) is 16.6 Å². The Hall–Kier alpha value is -1.12. The normalized spacial score (nSPS) is 16.0. The van der Waals surface area contributed by atoms with Gasteiger partial charge in [-0.15, -0.1) is 0 Å². The van der Waals surface area contributed by atoms with Crippen LogP contribution in [0.2, 0.25) is 0 Å². The van der Waals surface area contributed by atoms with Gasteiger partial charge in [-0.05, 0) is 55.4 Å². The molecule has 0 aromatic heterocycles. The van der Waals surface area contributed by atoms with Gasteiger partial charge in [0.05, 0.1) is 16.3 Å². The number of hydrogen-bond donors (Lipinski definition) is 2. The van der Waals surface area contributed by atoms with Gasteiger partial charge in [-0.3, -0.25) is 4.72 Å². The number of aryl methyl sites for hydroxylation is 2. The highest BCUT2D eigenvalue weighted by molar-refractivity contribution is 7.92. The Balaban J connectivity index is 2.39.